The number of rotatable bonds is 17. The van der Waals surface area contributed by atoms with E-state index in [0.29, 0.717) is 48.3 Å². The van der Waals surface area contributed by atoms with Gasteiger partial charge in [-0.05, 0) is 195 Å². The Hall–Kier alpha value is -5.58. The van der Waals surface area contributed by atoms with E-state index < -0.39 is 58.5 Å². The van der Waals surface area contributed by atoms with Crippen molar-refractivity contribution in [3.05, 3.63) is 172 Å². The van der Waals surface area contributed by atoms with Crippen molar-refractivity contribution in [3.8, 4) is 39.1 Å². The molecule has 6 aromatic rings. The highest BCUT2D eigenvalue weighted by Crippen LogP contribution is 2.48. The van der Waals surface area contributed by atoms with Gasteiger partial charge in [-0.3, -0.25) is 0 Å². The van der Waals surface area contributed by atoms with Crippen LogP contribution < -0.4 is 4.74 Å². The molecule has 6 aromatic carbocycles. The lowest BCUT2D eigenvalue weighted by Gasteiger charge is -2.39. The van der Waals surface area contributed by atoms with Crippen molar-refractivity contribution in [2.24, 2.45) is 41.4 Å². The maximum atomic E-state index is 14.8. The van der Waals surface area contributed by atoms with Gasteiger partial charge in [-0.1, -0.05) is 165 Å². The summed E-state index contributed by atoms with van der Waals surface area (Å²) in [6, 6.07) is 29.7. The minimum atomic E-state index is -3.53. The molecule has 0 heterocycles. The zero-order valence-corrected chi connectivity index (χ0v) is 49.7. The number of aryl methyl sites for hydroxylation is 2. The number of alkyl halides is 2. The van der Waals surface area contributed by atoms with Crippen LogP contribution in [0.15, 0.2) is 109 Å². The molecule has 0 radical (unpaired) electrons. The van der Waals surface area contributed by atoms with Crippen LogP contribution in [-0.4, -0.2) is 6.11 Å². The van der Waals surface area contributed by atoms with E-state index in [2.05, 4.69) is 68.8 Å². The second-order valence-corrected chi connectivity index (χ2v) is 24.8. The van der Waals surface area contributed by atoms with E-state index in [0.717, 1.165) is 109 Å². The van der Waals surface area contributed by atoms with Crippen LogP contribution in [0.3, 0.4) is 0 Å². The molecule has 4 aliphatic carbocycles. The Morgan fingerprint density at radius 3 is 1.19 bits per heavy atom. The van der Waals surface area contributed by atoms with Gasteiger partial charge in [0.2, 0.25) is 0 Å². The fourth-order valence-electron chi connectivity index (χ4n) is 14.3. The van der Waals surface area contributed by atoms with E-state index in [-0.39, 0.29) is 16.9 Å². The Morgan fingerprint density at radius 1 is 0.369 bits per heavy atom. The molecule has 0 amide bonds. The Labute approximate surface area is 493 Å². The van der Waals surface area contributed by atoms with Gasteiger partial charge in [-0.2, -0.15) is 8.78 Å². The first kappa shape index (κ1) is 64.4. The zero-order valence-electron chi connectivity index (χ0n) is 49.7. The third-order valence-corrected chi connectivity index (χ3v) is 19.1. The molecule has 10 rings (SSSR count). The average Bonchev–Trinajstić information content (AvgIpc) is 3.70. The fraction of sp³-hybridized carbons (Fsp3) is 0.507. The number of hydrogen-bond acceptors (Lipinski definition) is 1. The molecule has 84 heavy (non-hydrogen) atoms. The second kappa shape index (κ2) is 30.7. The Kier molecular flexibility index (Phi) is 23.5. The van der Waals surface area contributed by atoms with Crippen LogP contribution in [0.25, 0.3) is 33.4 Å². The van der Waals surface area contributed by atoms with Crippen LogP contribution in [0.1, 0.15) is 192 Å². The second-order valence-electron chi connectivity index (χ2n) is 24.8. The minimum absolute atomic E-state index is 0.0165. The first-order valence-electron chi connectivity index (χ1n) is 31.6. The molecular formula is C73H86F10O. The summed E-state index contributed by atoms with van der Waals surface area (Å²) in [7, 11) is 0. The molecule has 0 unspecified atom stereocenters. The molecule has 0 aliphatic heterocycles. The van der Waals surface area contributed by atoms with Crippen LogP contribution in [0.5, 0.6) is 5.75 Å². The minimum Gasteiger partial charge on any atom is -0.432 e. The molecule has 11 heteroatoms. The van der Waals surface area contributed by atoms with Gasteiger partial charge in [0.15, 0.2) is 34.9 Å². The van der Waals surface area contributed by atoms with E-state index in [1.54, 1.807) is 12.1 Å². The van der Waals surface area contributed by atoms with Crippen molar-refractivity contribution < 1.29 is 48.6 Å². The van der Waals surface area contributed by atoms with Crippen LogP contribution in [0.2, 0.25) is 0 Å². The number of halogens is 10. The van der Waals surface area contributed by atoms with Gasteiger partial charge < -0.3 is 4.74 Å². The third-order valence-electron chi connectivity index (χ3n) is 19.1. The van der Waals surface area contributed by atoms with Gasteiger partial charge in [0, 0.05) is 23.3 Å². The van der Waals surface area contributed by atoms with Gasteiger partial charge in [-0.15, -0.1) is 0 Å². The smallest absolute Gasteiger partial charge is 0.400 e. The fourth-order valence-corrected chi connectivity index (χ4v) is 14.3. The molecule has 454 valence electrons. The first-order valence-corrected chi connectivity index (χ1v) is 31.6. The predicted molar refractivity (Wildman–Crippen MR) is 320 cm³/mol. The van der Waals surface area contributed by atoms with Gasteiger partial charge in [-0.25, -0.2) is 35.1 Å². The molecule has 4 aliphatic rings. The van der Waals surface area contributed by atoms with Crippen molar-refractivity contribution >= 4 is 0 Å². The van der Waals surface area contributed by atoms with E-state index in [1.165, 1.54) is 107 Å². The van der Waals surface area contributed by atoms with Crippen LogP contribution in [0.4, 0.5) is 43.9 Å². The summed E-state index contributed by atoms with van der Waals surface area (Å²) in [5.74, 6) is -6.40. The summed E-state index contributed by atoms with van der Waals surface area (Å²) < 4.78 is 143. The lowest BCUT2D eigenvalue weighted by molar-refractivity contribution is -0.224. The van der Waals surface area contributed by atoms with Crippen molar-refractivity contribution in [1.29, 1.82) is 0 Å². The van der Waals surface area contributed by atoms with Crippen LogP contribution >= 0.6 is 0 Å². The number of benzene rings is 6. The molecule has 0 spiro atoms. The molecule has 0 N–H and O–H groups in total. The molecule has 4 fully saturated rings. The molecule has 4 saturated carbocycles. The molecular weight excluding hydrogens is 1080 g/mol. The van der Waals surface area contributed by atoms with Gasteiger partial charge in [0.1, 0.15) is 17.4 Å². The normalized spacial score (nSPS) is 22.7. The Morgan fingerprint density at radius 2 is 0.750 bits per heavy atom. The monoisotopic (exact) mass is 1170 g/mol. The Balaban J connectivity index is 0.000000165. The van der Waals surface area contributed by atoms with Crippen molar-refractivity contribution in [2.75, 3.05) is 0 Å². The van der Waals surface area contributed by atoms with Crippen LogP contribution in [0, 0.1) is 88.0 Å². The highest BCUT2D eigenvalue weighted by Gasteiger charge is 2.45. The maximum Gasteiger partial charge on any atom is 0.400 e. The van der Waals surface area contributed by atoms with Crippen molar-refractivity contribution in [3.63, 3.8) is 0 Å². The summed E-state index contributed by atoms with van der Waals surface area (Å²) in [6.45, 7) is 8.83. The van der Waals surface area contributed by atoms with Gasteiger partial charge in [0.05, 0.1) is 5.92 Å². The summed E-state index contributed by atoms with van der Waals surface area (Å²) in [6.07, 6.45) is 23.1. The highest BCUT2D eigenvalue weighted by atomic mass is 19.3. The SMILES string of the molecule is CCCC1CCC(C2CCC(C(F)(F)Oc3cc(F)c(F)c(F)c3)CC2)CC1.CCCC1CCC(C2CCC(c3ccc(-c4cc(F)c(F)c(F)c4)c(F)c3)CC2)CC1.CCCc1ccc(-c2ccc(-c3ccc(CCC)cc3)c(F)c2)cc1. The summed E-state index contributed by atoms with van der Waals surface area (Å²) >= 11 is 0. The van der Waals surface area contributed by atoms with Crippen LogP contribution in [-0.2, 0) is 12.8 Å². The average molecular weight is 1170 g/mol. The lowest BCUT2D eigenvalue weighted by atomic mass is 9.68. The third kappa shape index (κ3) is 17.1. The quantitative estimate of drug-likeness (QED) is 0.0653. The molecule has 1 nitrogen and oxygen atoms in total. The van der Waals surface area contributed by atoms with Crippen molar-refractivity contribution in [1.82, 2.24) is 0 Å². The van der Waals surface area contributed by atoms with E-state index in [1.807, 2.05) is 30.3 Å². The predicted octanol–water partition coefficient (Wildman–Crippen LogP) is 23.3. The summed E-state index contributed by atoms with van der Waals surface area (Å²) in [5, 5.41) is 0. The van der Waals surface area contributed by atoms with E-state index in [9.17, 15) is 43.9 Å². The molecule has 0 bridgehead atoms. The maximum absolute atomic E-state index is 14.8. The summed E-state index contributed by atoms with van der Waals surface area (Å²) in [4.78, 5) is 0. The lowest BCUT2D eigenvalue weighted by Crippen LogP contribution is -2.38. The first-order chi connectivity index (χ1) is 40.5. The number of hydrogen-bond donors (Lipinski definition) is 0. The Bertz CT molecular complexity index is 2950. The topological polar surface area (TPSA) is 9.23 Å². The largest absolute Gasteiger partial charge is 0.432 e. The van der Waals surface area contributed by atoms with E-state index >= 15 is 0 Å². The van der Waals surface area contributed by atoms with Gasteiger partial charge in [0.25, 0.3) is 0 Å². The summed E-state index contributed by atoms with van der Waals surface area (Å²) in [5.41, 5.74) is 7.27. The highest BCUT2D eigenvalue weighted by molar-refractivity contribution is 5.71. The standard InChI is InChI=1S/C27H32F4.C24H25F.C22H29F5O/c1-2-3-17-4-6-18(7-5-17)19-8-10-20(11-9-19)21-12-13-23(24(28)14-21)22-15-25(29)27(31)26(30)16-22;1-3-5-18-7-11-20(12-8-18)22-15-16-23(24(25)17-22)21-13-9-19(6-4-2)10-14-21;1-2-3-14-4-6-15(7-5-14)16-8-10-17(11-9-16)22(26,27)28-18-12-19(23)21(25)20(24)13-18/h12-20H,2-11H2,1H3;7-17H,3-6H2,1-2H3;12-17H,2-11H2,1H3. The molecule has 0 saturated heterocycles. The van der Waals surface area contributed by atoms with Crippen molar-refractivity contribution in [2.45, 2.75) is 194 Å². The molecule has 0 atom stereocenters. The number of ether oxygens (including phenoxy) is 1. The molecule has 0 aromatic heterocycles. The zero-order chi connectivity index (χ0) is 59.9. The van der Waals surface area contributed by atoms with Gasteiger partial charge >= 0.3 is 6.11 Å². The van der Waals surface area contributed by atoms with E-state index in [4.69, 9.17) is 0 Å².